The highest BCUT2D eigenvalue weighted by molar-refractivity contribution is 6.06. The molecule has 0 atom stereocenters. The molecule has 0 spiro atoms. The van der Waals surface area contributed by atoms with Gasteiger partial charge in [0.25, 0.3) is 5.91 Å². The zero-order valence-electron chi connectivity index (χ0n) is 17.1. The summed E-state index contributed by atoms with van der Waals surface area (Å²) < 4.78 is 4.61. The molecule has 1 amide bonds. The van der Waals surface area contributed by atoms with Gasteiger partial charge in [0.15, 0.2) is 0 Å². The molecule has 0 aromatic heterocycles. The molecule has 0 saturated carbocycles. The van der Waals surface area contributed by atoms with E-state index in [-0.39, 0.29) is 29.4 Å². The first-order chi connectivity index (χ1) is 14.0. The molecule has 8 heteroatoms. The monoisotopic (exact) mass is 412 g/mol. The fourth-order valence-corrected chi connectivity index (χ4v) is 1.80. The lowest BCUT2D eigenvalue weighted by Gasteiger charge is -2.18. The molecule has 0 aliphatic carbocycles. The van der Waals surface area contributed by atoms with Gasteiger partial charge in [-0.2, -0.15) is 5.26 Å². The van der Waals surface area contributed by atoms with Gasteiger partial charge in [-0.3, -0.25) is 9.69 Å². The number of phenolic OH excluding ortho intramolecular Hbond substituents is 1. The standard InChI is InChI=1S/C13H12N2O2.C9H12O4/c1-10(2)13(17)15(9-3-8-14)11-4-6-12(16)7-5-11;1-4-13-9(12)7(3)5-6(2)8(10)11/h3-7,9,16H,1H2,2H3;5H,3-4H2,1-2H3,(H,10,11). The fraction of sp³-hybridized carbons (Fsp3) is 0.182. The first kappa shape index (κ1) is 25.9. The molecule has 1 rings (SSSR count). The van der Waals surface area contributed by atoms with E-state index >= 15 is 0 Å². The number of carbonyl (C=O) groups excluding carboxylic acids is 2. The summed E-state index contributed by atoms with van der Waals surface area (Å²) in [5.41, 5.74) is 1.02. The number of nitrogens with zero attached hydrogens (tertiary/aromatic N) is 2. The van der Waals surface area contributed by atoms with Crippen molar-refractivity contribution in [3.05, 3.63) is 72.5 Å². The van der Waals surface area contributed by atoms with E-state index in [1.807, 2.05) is 6.07 Å². The van der Waals surface area contributed by atoms with Gasteiger partial charge in [-0.05, 0) is 51.1 Å². The summed E-state index contributed by atoms with van der Waals surface area (Å²) in [5.74, 6) is -1.86. The molecule has 2 N–H and O–H groups in total. The number of carboxylic acids is 1. The second-order valence-electron chi connectivity index (χ2n) is 5.79. The minimum absolute atomic E-state index is 0.0433. The molecule has 158 valence electrons. The summed E-state index contributed by atoms with van der Waals surface area (Å²) in [6.07, 6.45) is 3.75. The zero-order valence-corrected chi connectivity index (χ0v) is 17.1. The van der Waals surface area contributed by atoms with E-state index in [2.05, 4.69) is 17.9 Å². The number of allylic oxidation sites excluding steroid dienone is 1. The quantitative estimate of drug-likeness (QED) is 0.304. The van der Waals surface area contributed by atoms with Crippen LogP contribution in [0.25, 0.3) is 0 Å². The van der Waals surface area contributed by atoms with E-state index in [1.165, 1.54) is 42.3 Å². The number of carboxylic acid groups (broad SMARTS) is 1. The Balaban J connectivity index is 0.000000584. The second-order valence-corrected chi connectivity index (χ2v) is 5.79. The Morgan fingerprint density at radius 2 is 1.77 bits per heavy atom. The summed E-state index contributed by atoms with van der Waals surface area (Å²) in [5, 5.41) is 26.1. The van der Waals surface area contributed by atoms with E-state index in [9.17, 15) is 19.5 Å². The Kier molecular flexibility index (Phi) is 11.3. The normalized spacial score (nSPS) is 10.3. The lowest BCUT2D eigenvalue weighted by molar-refractivity contribution is -0.138. The van der Waals surface area contributed by atoms with Gasteiger partial charge >= 0.3 is 11.9 Å². The Morgan fingerprint density at radius 3 is 2.20 bits per heavy atom. The zero-order chi connectivity index (χ0) is 23.3. The Labute approximate surface area is 175 Å². The Morgan fingerprint density at radius 1 is 1.20 bits per heavy atom. The van der Waals surface area contributed by atoms with Crippen LogP contribution in [0.3, 0.4) is 0 Å². The van der Waals surface area contributed by atoms with Gasteiger partial charge in [0.2, 0.25) is 0 Å². The number of carbonyl (C=O) groups is 3. The van der Waals surface area contributed by atoms with Crippen molar-refractivity contribution in [2.75, 3.05) is 11.5 Å². The average Bonchev–Trinajstić information content (AvgIpc) is 2.69. The van der Waals surface area contributed by atoms with E-state index in [4.69, 9.17) is 10.4 Å². The number of hydrogen-bond donors (Lipinski definition) is 2. The number of ether oxygens (including phenoxy) is 1. The number of amides is 1. The number of nitriles is 1. The third-order valence-corrected chi connectivity index (χ3v) is 3.28. The maximum Gasteiger partial charge on any atom is 0.337 e. The first-order valence-electron chi connectivity index (χ1n) is 8.67. The van der Waals surface area contributed by atoms with Crippen molar-refractivity contribution in [2.45, 2.75) is 20.8 Å². The van der Waals surface area contributed by atoms with Gasteiger partial charge in [0.1, 0.15) is 5.75 Å². The summed E-state index contributed by atoms with van der Waals surface area (Å²) in [7, 11) is 0. The van der Waals surface area contributed by atoms with Gasteiger partial charge in [0, 0.05) is 29.1 Å². The van der Waals surface area contributed by atoms with E-state index in [0.717, 1.165) is 0 Å². The molecular formula is C22H24N2O6. The van der Waals surface area contributed by atoms with Crippen LogP contribution in [0.15, 0.2) is 72.5 Å². The Bertz CT molecular complexity index is 905. The van der Waals surface area contributed by atoms with Gasteiger partial charge in [-0.25, -0.2) is 9.59 Å². The number of anilines is 1. The number of aliphatic carboxylic acids is 1. The van der Waals surface area contributed by atoms with Gasteiger partial charge < -0.3 is 14.9 Å². The summed E-state index contributed by atoms with van der Waals surface area (Å²) in [4.78, 5) is 34.4. The summed E-state index contributed by atoms with van der Waals surface area (Å²) in [6.45, 7) is 11.8. The van der Waals surface area contributed by atoms with Crippen LogP contribution in [0.4, 0.5) is 5.69 Å². The topological polar surface area (TPSA) is 128 Å². The van der Waals surface area contributed by atoms with Crippen molar-refractivity contribution in [1.29, 1.82) is 5.26 Å². The van der Waals surface area contributed by atoms with Crippen LogP contribution in [0, 0.1) is 11.3 Å². The molecule has 0 heterocycles. The number of phenols is 1. The lowest BCUT2D eigenvalue weighted by Crippen LogP contribution is -2.25. The predicted octanol–water partition coefficient (Wildman–Crippen LogP) is 3.48. The minimum Gasteiger partial charge on any atom is -0.508 e. The third kappa shape index (κ3) is 9.19. The largest absolute Gasteiger partial charge is 0.508 e. The SMILES string of the molecule is C=C(C)C(=O)N(C=CC#N)c1ccc(O)cc1.C=C(C=C(C)C(=O)O)C(=O)OCC. The molecule has 0 unspecified atom stereocenters. The highest BCUT2D eigenvalue weighted by atomic mass is 16.5. The molecule has 30 heavy (non-hydrogen) atoms. The van der Waals surface area contributed by atoms with Crippen LogP contribution in [0.5, 0.6) is 5.75 Å². The first-order valence-corrected chi connectivity index (χ1v) is 8.67. The fourth-order valence-electron chi connectivity index (χ4n) is 1.80. The molecule has 0 aliphatic heterocycles. The number of rotatable bonds is 7. The second kappa shape index (κ2) is 13.1. The van der Waals surface area contributed by atoms with Crippen LogP contribution in [-0.4, -0.2) is 34.7 Å². The molecular weight excluding hydrogens is 388 g/mol. The molecule has 8 nitrogen and oxygen atoms in total. The predicted molar refractivity (Wildman–Crippen MR) is 112 cm³/mol. The van der Waals surface area contributed by atoms with E-state index in [0.29, 0.717) is 11.3 Å². The summed E-state index contributed by atoms with van der Waals surface area (Å²) >= 11 is 0. The van der Waals surface area contributed by atoms with E-state index < -0.39 is 11.9 Å². The number of benzene rings is 1. The Hall–Kier alpha value is -4.12. The highest BCUT2D eigenvalue weighted by Crippen LogP contribution is 2.20. The van der Waals surface area contributed by atoms with Gasteiger partial charge in [0.05, 0.1) is 18.2 Å². The van der Waals surface area contributed by atoms with Crippen molar-refractivity contribution in [2.24, 2.45) is 0 Å². The highest BCUT2D eigenvalue weighted by Gasteiger charge is 2.13. The van der Waals surface area contributed by atoms with Crippen LogP contribution >= 0.6 is 0 Å². The van der Waals surface area contributed by atoms with Crippen LogP contribution in [0.2, 0.25) is 0 Å². The smallest absolute Gasteiger partial charge is 0.337 e. The number of esters is 1. The van der Waals surface area contributed by atoms with Crippen LogP contribution < -0.4 is 4.90 Å². The van der Waals surface area contributed by atoms with Crippen molar-refractivity contribution < 1.29 is 29.3 Å². The van der Waals surface area contributed by atoms with Crippen molar-refractivity contribution in [1.82, 2.24) is 0 Å². The molecule has 0 aliphatic rings. The van der Waals surface area contributed by atoms with Crippen molar-refractivity contribution >= 4 is 23.5 Å². The number of hydrogen-bond acceptors (Lipinski definition) is 6. The summed E-state index contributed by atoms with van der Waals surface area (Å²) in [6, 6.07) is 7.92. The molecule has 0 fully saturated rings. The lowest BCUT2D eigenvalue weighted by atomic mass is 10.2. The number of aromatic hydroxyl groups is 1. The van der Waals surface area contributed by atoms with Crippen molar-refractivity contribution in [3.8, 4) is 11.8 Å². The van der Waals surface area contributed by atoms with Gasteiger partial charge in [-0.15, -0.1) is 0 Å². The molecule has 0 saturated heterocycles. The average molecular weight is 412 g/mol. The molecule has 1 aromatic carbocycles. The van der Waals surface area contributed by atoms with Crippen molar-refractivity contribution in [3.63, 3.8) is 0 Å². The molecule has 0 bridgehead atoms. The van der Waals surface area contributed by atoms with E-state index in [1.54, 1.807) is 26.0 Å². The third-order valence-electron chi connectivity index (χ3n) is 3.28. The van der Waals surface area contributed by atoms with Crippen LogP contribution in [0.1, 0.15) is 20.8 Å². The van der Waals surface area contributed by atoms with Crippen LogP contribution in [-0.2, 0) is 19.1 Å². The molecule has 0 radical (unpaired) electrons. The molecule has 1 aromatic rings. The maximum absolute atomic E-state index is 11.8. The maximum atomic E-state index is 11.8. The minimum atomic E-state index is -1.08. The van der Waals surface area contributed by atoms with Gasteiger partial charge in [-0.1, -0.05) is 13.2 Å².